The van der Waals surface area contributed by atoms with E-state index < -0.39 is 90.8 Å². The van der Waals surface area contributed by atoms with Gasteiger partial charge in [0.2, 0.25) is 29.5 Å². The van der Waals surface area contributed by atoms with Gasteiger partial charge in [0.15, 0.2) is 5.96 Å². The van der Waals surface area contributed by atoms with E-state index in [1.165, 1.54) is 0 Å². The van der Waals surface area contributed by atoms with E-state index in [-0.39, 0.29) is 57.1 Å². The normalized spacial score (nSPS) is 16.8. The predicted molar refractivity (Wildman–Crippen MR) is 187 cm³/mol. The number of hydrogen-bond donors (Lipinski definition) is 10. The van der Waals surface area contributed by atoms with E-state index in [2.05, 4.69) is 26.3 Å². The molecule has 1 fully saturated rings. The van der Waals surface area contributed by atoms with Crippen LogP contribution in [0.4, 0.5) is 0 Å². The second kappa shape index (κ2) is 21.2. The lowest BCUT2D eigenvalue weighted by atomic mass is 10.0. The molecule has 0 radical (unpaired) electrons. The van der Waals surface area contributed by atoms with Crippen LogP contribution in [0.2, 0.25) is 0 Å². The number of carboxylic acid groups (broad SMARTS) is 2. The zero-order valence-corrected chi connectivity index (χ0v) is 29.3. The lowest BCUT2D eigenvalue weighted by molar-refractivity contribution is -0.144. The fraction of sp³-hybridized carbons (Fsp3) is 0.576. The van der Waals surface area contributed by atoms with Crippen molar-refractivity contribution >= 4 is 47.4 Å². The number of hydrogen-bond acceptors (Lipinski definition) is 10. The minimum absolute atomic E-state index is 0.0429. The molecule has 1 saturated heterocycles. The third-order valence-electron chi connectivity index (χ3n) is 8.18. The number of aliphatic imine (C=N–C) groups is 1. The molecule has 1 aliphatic rings. The fourth-order valence-electron chi connectivity index (χ4n) is 5.59. The van der Waals surface area contributed by atoms with Crippen molar-refractivity contribution in [2.75, 3.05) is 19.7 Å². The Morgan fingerprint density at radius 1 is 0.885 bits per heavy atom. The van der Waals surface area contributed by atoms with E-state index in [1.807, 2.05) is 0 Å². The summed E-state index contributed by atoms with van der Waals surface area (Å²) in [6.45, 7) is 2.88. The van der Waals surface area contributed by atoms with Crippen LogP contribution in [-0.4, -0.2) is 124 Å². The Balaban J connectivity index is 2.26. The first-order valence-corrected chi connectivity index (χ1v) is 17.0. The highest BCUT2D eigenvalue weighted by atomic mass is 16.4. The third-order valence-corrected chi connectivity index (χ3v) is 8.18. The second-order valence-corrected chi connectivity index (χ2v) is 12.9. The quantitative estimate of drug-likeness (QED) is 0.0346. The molecule has 1 aromatic rings. The number of guanidine groups is 1. The van der Waals surface area contributed by atoms with Crippen LogP contribution < -0.4 is 38.5 Å². The summed E-state index contributed by atoms with van der Waals surface area (Å²) in [4.78, 5) is 94.6. The summed E-state index contributed by atoms with van der Waals surface area (Å²) in [6, 6.07) is 0.686. The van der Waals surface area contributed by atoms with Gasteiger partial charge in [0.05, 0.1) is 19.1 Å². The van der Waals surface area contributed by atoms with E-state index in [1.54, 1.807) is 44.2 Å². The molecule has 1 aromatic carbocycles. The second-order valence-electron chi connectivity index (χ2n) is 12.9. The predicted octanol–water partition coefficient (Wildman–Crippen LogP) is -2.86. The van der Waals surface area contributed by atoms with Crippen LogP contribution in [0.15, 0.2) is 35.3 Å². The number of carbonyl (C=O) groups is 7. The summed E-state index contributed by atoms with van der Waals surface area (Å²) in [7, 11) is 0. The number of nitrogens with two attached hydrogens (primary N) is 3. The number of carboxylic acids is 2. The van der Waals surface area contributed by atoms with Crippen LogP contribution in [0.25, 0.3) is 0 Å². The smallest absolute Gasteiger partial charge is 0.326 e. The van der Waals surface area contributed by atoms with Crippen LogP contribution in [0.5, 0.6) is 0 Å². The maximum atomic E-state index is 13.6. The molecule has 6 atom stereocenters. The van der Waals surface area contributed by atoms with Crippen molar-refractivity contribution in [3.8, 4) is 0 Å². The van der Waals surface area contributed by atoms with E-state index in [0.29, 0.717) is 12.0 Å². The molecule has 288 valence electrons. The number of benzene rings is 1. The van der Waals surface area contributed by atoms with Crippen molar-refractivity contribution in [1.29, 1.82) is 0 Å². The highest BCUT2D eigenvalue weighted by Gasteiger charge is 2.38. The molecule has 2 rings (SSSR count). The maximum Gasteiger partial charge on any atom is 0.326 e. The van der Waals surface area contributed by atoms with Crippen molar-refractivity contribution < 1.29 is 48.9 Å². The Kier molecular flexibility index (Phi) is 17.4. The number of aliphatic carboxylic acids is 2. The standard InChI is InChI=1S/C33H51N9O10/c1-18(2)14-23(32(51)52)40-28(47)22(15-19-8-4-3-5-9-19)39-29(48)24(17-43)41-27(46)21(10-6-12-37-33(35)36)38-30(49)25-11-7-13-42(25)31(50)20(34)16-26(44)45/h3-5,8-9,18,20-25,43H,6-7,10-17,34H2,1-2H3,(H,38,49)(H,39,48)(H,40,47)(H,41,46)(H,44,45)(H,51,52)(H4,35,36,37)/t20-,21-,22-,23-,24-,25-/m0/s1. The monoisotopic (exact) mass is 733 g/mol. The zero-order chi connectivity index (χ0) is 39.0. The van der Waals surface area contributed by atoms with Gasteiger partial charge < -0.3 is 58.7 Å². The lowest BCUT2D eigenvalue weighted by Gasteiger charge is -2.29. The first kappa shape index (κ1) is 42.9. The first-order chi connectivity index (χ1) is 24.5. The summed E-state index contributed by atoms with van der Waals surface area (Å²) < 4.78 is 0. The van der Waals surface area contributed by atoms with Gasteiger partial charge in [-0.05, 0) is 43.6 Å². The maximum absolute atomic E-state index is 13.6. The van der Waals surface area contributed by atoms with Gasteiger partial charge in [-0.2, -0.15) is 0 Å². The molecular formula is C33H51N9O10. The molecule has 0 aliphatic carbocycles. The van der Waals surface area contributed by atoms with E-state index in [4.69, 9.17) is 22.3 Å². The van der Waals surface area contributed by atoms with Gasteiger partial charge >= 0.3 is 11.9 Å². The average Bonchev–Trinajstić information content (AvgIpc) is 3.57. The number of nitrogens with one attached hydrogen (secondary N) is 4. The number of aliphatic hydroxyl groups excluding tert-OH is 1. The minimum Gasteiger partial charge on any atom is -0.481 e. The summed E-state index contributed by atoms with van der Waals surface area (Å²) in [5, 5.41) is 38.8. The van der Waals surface area contributed by atoms with Crippen LogP contribution in [-0.2, 0) is 40.0 Å². The molecule has 19 heteroatoms. The van der Waals surface area contributed by atoms with Gasteiger partial charge in [-0.15, -0.1) is 0 Å². The number of rotatable bonds is 21. The van der Waals surface area contributed by atoms with Crippen LogP contribution in [0, 0.1) is 5.92 Å². The molecule has 19 nitrogen and oxygen atoms in total. The summed E-state index contributed by atoms with van der Waals surface area (Å²) in [5.41, 5.74) is 17.2. The molecule has 13 N–H and O–H groups in total. The van der Waals surface area contributed by atoms with Gasteiger partial charge in [0.25, 0.3) is 0 Å². The van der Waals surface area contributed by atoms with Crippen molar-refractivity contribution in [3.63, 3.8) is 0 Å². The molecule has 5 amide bonds. The largest absolute Gasteiger partial charge is 0.481 e. The molecule has 52 heavy (non-hydrogen) atoms. The summed E-state index contributed by atoms with van der Waals surface area (Å²) in [5.74, 6) is -6.93. The Bertz CT molecular complexity index is 1440. The van der Waals surface area contributed by atoms with Crippen molar-refractivity contribution in [1.82, 2.24) is 26.2 Å². The lowest BCUT2D eigenvalue weighted by Crippen LogP contribution is -2.60. The third kappa shape index (κ3) is 14.1. The first-order valence-electron chi connectivity index (χ1n) is 17.0. The van der Waals surface area contributed by atoms with Gasteiger partial charge in [0, 0.05) is 19.5 Å². The highest BCUT2D eigenvalue weighted by molar-refractivity contribution is 5.97. The SMILES string of the molecule is CC(C)C[C@H](NC(=O)[C@H](Cc1ccccc1)NC(=O)[C@H](CO)NC(=O)[C@H](CCCN=C(N)N)NC(=O)[C@@H]1CCCN1C(=O)[C@@H](N)CC(=O)O)C(=O)O. The Labute approximate surface area is 301 Å². The molecule has 0 bridgehead atoms. The Morgan fingerprint density at radius 3 is 2.06 bits per heavy atom. The summed E-state index contributed by atoms with van der Waals surface area (Å²) in [6.07, 6.45) is 0.208. The van der Waals surface area contributed by atoms with Crippen LogP contribution in [0.1, 0.15) is 57.9 Å². The van der Waals surface area contributed by atoms with E-state index in [0.717, 1.165) is 4.90 Å². The molecule has 0 saturated carbocycles. The van der Waals surface area contributed by atoms with Gasteiger partial charge in [-0.1, -0.05) is 44.2 Å². The molecule has 1 aliphatic heterocycles. The number of carbonyl (C=O) groups excluding carboxylic acids is 5. The number of likely N-dealkylation sites (tertiary alicyclic amines) is 1. The summed E-state index contributed by atoms with van der Waals surface area (Å²) >= 11 is 0. The van der Waals surface area contributed by atoms with Gasteiger partial charge in [-0.25, -0.2) is 4.79 Å². The van der Waals surface area contributed by atoms with Crippen molar-refractivity contribution in [2.24, 2.45) is 28.1 Å². The van der Waals surface area contributed by atoms with Crippen molar-refractivity contribution in [3.05, 3.63) is 35.9 Å². The number of aliphatic hydroxyl groups is 1. The fourth-order valence-corrected chi connectivity index (χ4v) is 5.59. The van der Waals surface area contributed by atoms with Gasteiger partial charge in [0.1, 0.15) is 30.2 Å². The van der Waals surface area contributed by atoms with Gasteiger partial charge in [-0.3, -0.25) is 33.8 Å². The Morgan fingerprint density at radius 2 is 1.48 bits per heavy atom. The molecule has 1 heterocycles. The number of nitrogens with zero attached hydrogens (tertiary/aromatic N) is 2. The van der Waals surface area contributed by atoms with Crippen LogP contribution in [0.3, 0.4) is 0 Å². The Hall–Kier alpha value is -5.30. The molecule has 0 aromatic heterocycles. The molecule has 0 unspecified atom stereocenters. The van der Waals surface area contributed by atoms with E-state index in [9.17, 15) is 43.8 Å². The zero-order valence-electron chi connectivity index (χ0n) is 29.3. The van der Waals surface area contributed by atoms with E-state index >= 15 is 0 Å². The van der Waals surface area contributed by atoms with Crippen molar-refractivity contribution in [2.45, 2.75) is 95.0 Å². The van der Waals surface area contributed by atoms with Crippen LogP contribution >= 0.6 is 0 Å². The number of amides is 5. The molecule has 0 spiro atoms. The molecular weight excluding hydrogens is 682 g/mol. The minimum atomic E-state index is -1.61. The average molecular weight is 734 g/mol. The highest BCUT2D eigenvalue weighted by Crippen LogP contribution is 2.19. The topological polar surface area (TPSA) is 322 Å².